The summed E-state index contributed by atoms with van der Waals surface area (Å²) in [5, 5.41) is -0.181. The van der Waals surface area contributed by atoms with E-state index >= 15 is 0 Å². The monoisotopic (exact) mass is 384 g/mol. The van der Waals surface area contributed by atoms with E-state index < -0.39 is 36.5 Å². The van der Waals surface area contributed by atoms with Gasteiger partial charge in [0.2, 0.25) is 0 Å². The Morgan fingerprint density at radius 1 is 1.04 bits per heavy atom. The molecule has 1 aromatic rings. The molecule has 0 unspecified atom stereocenters. The Hall–Kier alpha value is -2.23. The first-order valence-electron chi connectivity index (χ1n) is 7.83. The minimum absolute atomic E-state index is 0.00743. The lowest BCUT2D eigenvalue weighted by Gasteiger charge is -2.39. The Morgan fingerprint density at radius 3 is 2.23 bits per heavy atom. The molecule has 8 nitrogen and oxygen atoms in total. The molecule has 1 fully saturated rings. The highest BCUT2D eigenvalue weighted by Crippen LogP contribution is 2.25. The van der Waals surface area contributed by atoms with E-state index in [2.05, 4.69) is 0 Å². The first-order chi connectivity index (χ1) is 12.4. The first-order valence-corrected chi connectivity index (χ1v) is 8.24. The lowest BCUT2D eigenvalue weighted by atomic mass is 10.0. The van der Waals surface area contributed by atoms with E-state index in [1.54, 1.807) is 24.3 Å². The van der Waals surface area contributed by atoms with Crippen LogP contribution in [0.3, 0.4) is 0 Å². The molecule has 0 N–H and O–H groups in total. The number of para-hydroxylation sites is 1. The van der Waals surface area contributed by atoms with Crippen LogP contribution in [0, 0.1) is 0 Å². The lowest BCUT2D eigenvalue weighted by Crippen LogP contribution is -2.58. The summed E-state index contributed by atoms with van der Waals surface area (Å²) in [6, 6.07) is 8.81. The minimum atomic E-state index is -1.01. The molecule has 26 heavy (non-hydrogen) atoms. The topological polar surface area (TPSA) is 89.5 Å². The number of thiocarbonyl (C=S) groups is 1. The third-order valence-electron chi connectivity index (χ3n) is 3.41. The van der Waals surface area contributed by atoms with Gasteiger partial charge in [-0.3, -0.25) is 9.59 Å². The number of ether oxygens (including phenoxy) is 6. The quantitative estimate of drug-likeness (QED) is 0.555. The average Bonchev–Trinajstić information content (AvgIpc) is 2.58. The third kappa shape index (κ3) is 5.65. The van der Waals surface area contributed by atoms with Gasteiger partial charge in [-0.1, -0.05) is 18.2 Å². The Balaban J connectivity index is 2.12. The number of rotatable bonds is 5. The van der Waals surface area contributed by atoms with Gasteiger partial charge < -0.3 is 28.4 Å². The van der Waals surface area contributed by atoms with E-state index in [1.807, 2.05) is 6.07 Å². The molecule has 0 aromatic heterocycles. The minimum Gasteiger partial charge on any atom is -0.454 e. The number of methoxy groups -OCH3 is 1. The fourth-order valence-electron chi connectivity index (χ4n) is 2.43. The molecule has 9 heteroatoms. The van der Waals surface area contributed by atoms with E-state index in [1.165, 1.54) is 21.0 Å². The summed E-state index contributed by atoms with van der Waals surface area (Å²) in [4.78, 5) is 22.9. The van der Waals surface area contributed by atoms with Crippen molar-refractivity contribution in [2.45, 2.75) is 38.4 Å². The summed E-state index contributed by atoms with van der Waals surface area (Å²) in [6.07, 6.45) is -3.75. The maximum absolute atomic E-state index is 11.5. The zero-order valence-electron chi connectivity index (χ0n) is 14.6. The van der Waals surface area contributed by atoms with Gasteiger partial charge >= 0.3 is 17.2 Å². The summed E-state index contributed by atoms with van der Waals surface area (Å²) >= 11 is 5.09. The molecule has 1 aliphatic rings. The maximum Gasteiger partial charge on any atom is 0.358 e. The van der Waals surface area contributed by atoms with Crippen LogP contribution in [-0.2, 0) is 33.3 Å². The van der Waals surface area contributed by atoms with Crippen molar-refractivity contribution in [2.24, 2.45) is 0 Å². The normalized spacial score (nSPS) is 25.0. The van der Waals surface area contributed by atoms with Gasteiger partial charge in [-0.05, 0) is 12.1 Å². The number of carbonyl (C=O) groups is 2. The SMILES string of the molecule is CO[C@@H]1OC[C@@H](OC(=S)Oc2ccccc2)[C@H](OC(C)=O)[C@H]1OC(C)=O. The van der Waals surface area contributed by atoms with E-state index in [4.69, 9.17) is 40.6 Å². The fourth-order valence-corrected chi connectivity index (χ4v) is 2.65. The molecule has 0 spiro atoms. The predicted octanol–water partition coefficient (Wildman–Crippen LogP) is 1.60. The van der Waals surface area contributed by atoms with Gasteiger partial charge in [0.25, 0.3) is 0 Å². The average molecular weight is 384 g/mol. The van der Waals surface area contributed by atoms with Gasteiger partial charge in [0.05, 0.1) is 6.61 Å². The molecule has 142 valence electrons. The van der Waals surface area contributed by atoms with Crippen LogP contribution >= 0.6 is 12.2 Å². The van der Waals surface area contributed by atoms with Crippen molar-refractivity contribution in [1.82, 2.24) is 0 Å². The van der Waals surface area contributed by atoms with Crippen LogP contribution in [0.25, 0.3) is 0 Å². The van der Waals surface area contributed by atoms with Crippen molar-refractivity contribution in [3.63, 3.8) is 0 Å². The van der Waals surface area contributed by atoms with Crippen molar-refractivity contribution in [3.05, 3.63) is 30.3 Å². The maximum atomic E-state index is 11.5. The van der Waals surface area contributed by atoms with Crippen molar-refractivity contribution in [3.8, 4) is 5.75 Å². The number of esters is 2. The standard InChI is InChI=1S/C17H20O8S/c1-10(18)22-14-13(9-21-16(20-3)15(14)23-11(2)19)25-17(26)24-12-7-5-4-6-8-12/h4-8,13-16H,9H2,1-3H3/t13-,14+,15-,16-/m1/s1. The summed E-state index contributed by atoms with van der Waals surface area (Å²) in [5.74, 6) is -0.668. The molecule has 1 heterocycles. The van der Waals surface area contributed by atoms with Gasteiger partial charge in [0.15, 0.2) is 24.6 Å². The number of hydrogen-bond donors (Lipinski definition) is 0. The largest absolute Gasteiger partial charge is 0.454 e. The molecule has 1 aromatic carbocycles. The summed E-state index contributed by atoms with van der Waals surface area (Å²) in [6.45, 7) is 2.45. The molecule has 0 bridgehead atoms. The molecule has 0 saturated carbocycles. The number of carbonyl (C=O) groups excluding carboxylic acids is 2. The van der Waals surface area contributed by atoms with Crippen molar-refractivity contribution in [2.75, 3.05) is 13.7 Å². The van der Waals surface area contributed by atoms with Crippen molar-refractivity contribution < 1.29 is 38.0 Å². The molecule has 0 aliphatic carbocycles. The molecule has 1 saturated heterocycles. The van der Waals surface area contributed by atoms with E-state index in [0.717, 1.165) is 0 Å². The second-order valence-electron chi connectivity index (χ2n) is 5.41. The first kappa shape index (κ1) is 20.1. The van der Waals surface area contributed by atoms with Gasteiger partial charge in [0.1, 0.15) is 5.75 Å². The van der Waals surface area contributed by atoms with Crippen molar-refractivity contribution in [1.29, 1.82) is 0 Å². The zero-order valence-corrected chi connectivity index (χ0v) is 15.4. The van der Waals surface area contributed by atoms with Crippen molar-refractivity contribution >= 4 is 29.4 Å². The van der Waals surface area contributed by atoms with E-state index in [0.29, 0.717) is 5.75 Å². The summed E-state index contributed by atoms with van der Waals surface area (Å²) in [7, 11) is 1.39. The molecule has 2 rings (SSSR count). The molecule has 1 aliphatic heterocycles. The highest BCUT2D eigenvalue weighted by molar-refractivity contribution is 7.79. The summed E-state index contributed by atoms with van der Waals surface area (Å²) in [5.41, 5.74) is 0. The van der Waals surface area contributed by atoms with E-state index in [9.17, 15) is 9.59 Å². The van der Waals surface area contributed by atoms with Crippen LogP contribution in [0.4, 0.5) is 0 Å². The number of hydrogen-bond acceptors (Lipinski definition) is 9. The highest BCUT2D eigenvalue weighted by atomic mass is 32.1. The van der Waals surface area contributed by atoms with Crippen LogP contribution in [0.15, 0.2) is 30.3 Å². The Kier molecular flexibility index (Phi) is 7.31. The van der Waals surface area contributed by atoms with E-state index in [-0.39, 0.29) is 11.8 Å². The molecule has 0 radical (unpaired) electrons. The second-order valence-corrected chi connectivity index (χ2v) is 5.74. The smallest absolute Gasteiger partial charge is 0.358 e. The van der Waals surface area contributed by atoms with Gasteiger partial charge in [0, 0.05) is 33.2 Å². The van der Waals surface area contributed by atoms with Gasteiger partial charge in [-0.15, -0.1) is 0 Å². The summed E-state index contributed by atoms with van der Waals surface area (Å²) < 4.78 is 32.1. The zero-order chi connectivity index (χ0) is 19.1. The highest BCUT2D eigenvalue weighted by Gasteiger charge is 2.47. The fraction of sp³-hybridized carbons (Fsp3) is 0.471. The lowest BCUT2D eigenvalue weighted by molar-refractivity contribution is -0.270. The van der Waals surface area contributed by atoms with Gasteiger partial charge in [-0.2, -0.15) is 0 Å². The molecule has 4 atom stereocenters. The second kappa shape index (κ2) is 9.46. The van der Waals surface area contributed by atoms with Crippen LogP contribution in [-0.4, -0.2) is 55.5 Å². The van der Waals surface area contributed by atoms with Crippen LogP contribution < -0.4 is 4.74 Å². The number of benzene rings is 1. The molecular formula is C17H20O8S. The van der Waals surface area contributed by atoms with Crippen LogP contribution in [0.5, 0.6) is 5.75 Å². The third-order valence-corrected chi connectivity index (χ3v) is 3.59. The van der Waals surface area contributed by atoms with Gasteiger partial charge in [-0.25, -0.2) is 0 Å². The Morgan fingerprint density at radius 2 is 1.65 bits per heavy atom. The molecular weight excluding hydrogens is 364 g/mol. The van der Waals surface area contributed by atoms with Crippen LogP contribution in [0.2, 0.25) is 0 Å². The Bertz CT molecular complexity index is 635. The molecule has 0 amide bonds. The van der Waals surface area contributed by atoms with Crippen LogP contribution in [0.1, 0.15) is 13.8 Å². The Labute approximate surface area is 156 Å². The predicted molar refractivity (Wildman–Crippen MR) is 92.4 cm³/mol.